The summed E-state index contributed by atoms with van der Waals surface area (Å²) < 4.78 is 0. The number of pyridine rings is 1. The topological polar surface area (TPSA) is 33.1 Å². The molecule has 0 saturated heterocycles. The van der Waals surface area contributed by atoms with Gasteiger partial charge in [0.1, 0.15) is 0 Å². The van der Waals surface area contributed by atoms with Gasteiger partial charge in [0.25, 0.3) is 0 Å². The summed E-state index contributed by atoms with van der Waals surface area (Å²) in [5.74, 6) is 0.728. The normalized spacial score (nSPS) is 12.9. The third kappa shape index (κ3) is 3.39. The summed E-state index contributed by atoms with van der Waals surface area (Å²) in [6, 6.07) is 3.88. The summed E-state index contributed by atoms with van der Waals surface area (Å²) in [6.45, 7) is 1.78. The SMILES string of the molecule is C[C@@H](O)CSc1cccnc1. The van der Waals surface area contributed by atoms with Crippen molar-refractivity contribution in [2.24, 2.45) is 0 Å². The highest BCUT2D eigenvalue weighted by Crippen LogP contribution is 2.16. The van der Waals surface area contributed by atoms with E-state index in [1.807, 2.05) is 12.1 Å². The molecule has 60 valence electrons. The molecule has 0 aliphatic heterocycles. The standard InChI is InChI=1S/C8H11NOS/c1-7(10)6-11-8-3-2-4-9-5-8/h2-5,7,10H,6H2,1H3/t7-/m1/s1. The molecule has 11 heavy (non-hydrogen) atoms. The first kappa shape index (κ1) is 8.56. The predicted molar refractivity (Wildman–Crippen MR) is 46.6 cm³/mol. The molecule has 0 radical (unpaired) electrons. The second-order valence-electron chi connectivity index (χ2n) is 2.35. The predicted octanol–water partition coefficient (Wildman–Crippen LogP) is 1.55. The molecule has 1 rings (SSSR count). The summed E-state index contributed by atoms with van der Waals surface area (Å²) in [4.78, 5) is 5.07. The molecule has 1 heterocycles. The van der Waals surface area contributed by atoms with Crippen molar-refractivity contribution in [2.75, 3.05) is 5.75 Å². The third-order valence-electron chi connectivity index (χ3n) is 1.13. The number of hydrogen-bond acceptors (Lipinski definition) is 3. The molecular weight excluding hydrogens is 158 g/mol. The molecule has 1 aromatic rings. The third-order valence-corrected chi connectivity index (χ3v) is 2.35. The maximum Gasteiger partial charge on any atom is 0.0606 e. The van der Waals surface area contributed by atoms with Gasteiger partial charge < -0.3 is 5.11 Å². The summed E-state index contributed by atoms with van der Waals surface area (Å²) in [5.41, 5.74) is 0. The highest BCUT2D eigenvalue weighted by atomic mass is 32.2. The second kappa shape index (κ2) is 4.36. The van der Waals surface area contributed by atoms with Crippen LogP contribution in [0.25, 0.3) is 0 Å². The van der Waals surface area contributed by atoms with Crippen molar-refractivity contribution in [3.8, 4) is 0 Å². The molecule has 0 unspecified atom stereocenters. The van der Waals surface area contributed by atoms with Gasteiger partial charge in [-0.25, -0.2) is 0 Å². The van der Waals surface area contributed by atoms with Crippen LogP contribution in [-0.4, -0.2) is 21.9 Å². The van der Waals surface area contributed by atoms with E-state index >= 15 is 0 Å². The second-order valence-corrected chi connectivity index (χ2v) is 3.44. The first-order chi connectivity index (χ1) is 5.29. The smallest absolute Gasteiger partial charge is 0.0606 e. The van der Waals surface area contributed by atoms with Crippen molar-refractivity contribution in [1.82, 2.24) is 4.98 Å². The fourth-order valence-corrected chi connectivity index (χ4v) is 1.39. The number of aliphatic hydroxyl groups excluding tert-OH is 1. The Kier molecular flexibility index (Phi) is 3.39. The van der Waals surface area contributed by atoms with Crippen molar-refractivity contribution in [3.05, 3.63) is 24.5 Å². The van der Waals surface area contributed by atoms with Gasteiger partial charge in [0.15, 0.2) is 0 Å². The highest BCUT2D eigenvalue weighted by Gasteiger charge is 1.96. The van der Waals surface area contributed by atoms with Crippen LogP contribution < -0.4 is 0 Å². The van der Waals surface area contributed by atoms with Crippen LogP contribution in [0.2, 0.25) is 0 Å². The molecular formula is C8H11NOS. The van der Waals surface area contributed by atoms with Crippen LogP contribution >= 0.6 is 11.8 Å². The van der Waals surface area contributed by atoms with Crippen molar-refractivity contribution < 1.29 is 5.11 Å². The van der Waals surface area contributed by atoms with Crippen LogP contribution in [0.15, 0.2) is 29.4 Å². The van der Waals surface area contributed by atoms with Crippen LogP contribution in [0.3, 0.4) is 0 Å². The number of thioether (sulfide) groups is 1. The minimum absolute atomic E-state index is 0.250. The van der Waals surface area contributed by atoms with Gasteiger partial charge in [-0.1, -0.05) is 0 Å². The fraction of sp³-hybridized carbons (Fsp3) is 0.375. The van der Waals surface area contributed by atoms with E-state index in [1.165, 1.54) is 0 Å². The summed E-state index contributed by atoms with van der Waals surface area (Å²) in [7, 11) is 0. The summed E-state index contributed by atoms with van der Waals surface area (Å²) >= 11 is 1.62. The molecule has 1 N–H and O–H groups in total. The summed E-state index contributed by atoms with van der Waals surface area (Å²) in [5, 5.41) is 8.97. The maximum absolute atomic E-state index is 8.97. The molecule has 0 spiro atoms. The van der Waals surface area contributed by atoms with E-state index in [9.17, 15) is 0 Å². The zero-order chi connectivity index (χ0) is 8.10. The van der Waals surface area contributed by atoms with E-state index in [0.717, 1.165) is 10.6 Å². The Bertz CT molecular complexity index is 201. The van der Waals surface area contributed by atoms with Gasteiger partial charge >= 0.3 is 0 Å². The molecule has 2 nitrogen and oxygen atoms in total. The Hall–Kier alpha value is -0.540. The number of nitrogens with zero attached hydrogens (tertiary/aromatic N) is 1. The maximum atomic E-state index is 8.97. The van der Waals surface area contributed by atoms with Crippen molar-refractivity contribution >= 4 is 11.8 Å². The molecule has 0 saturated carbocycles. The van der Waals surface area contributed by atoms with Gasteiger partial charge in [-0.3, -0.25) is 4.98 Å². The molecule has 0 aromatic carbocycles. The van der Waals surface area contributed by atoms with Crippen LogP contribution in [0.5, 0.6) is 0 Å². The Morgan fingerprint density at radius 2 is 2.55 bits per heavy atom. The van der Waals surface area contributed by atoms with E-state index in [-0.39, 0.29) is 6.10 Å². The molecule has 0 bridgehead atoms. The molecule has 3 heteroatoms. The minimum atomic E-state index is -0.250. The largest absolute Gasteiger partial charge is 0.393 e. The zero-order valence-corrected chi connectivity index (χ0v) is 7.21. The van der Waals surface area contributed by atoms with Crippen molar-refractivity contribution in [2.45, 2.75) is 17.9 Å². The van der Waals surface area contributed by atoms with Crippen LogP contribution in [0.1, 0.15) is 6.92 Å². The van der Waals surface area contributed by atoms with Crippen LogP contribution in [-0.2, 0) is 0 Å². The molecule has 1 aromatic heterocycles. The van der Waals surface area contributed by atoms with Gasteiger partial charge in [-0.05, 0) is 19.1 Å². The Morgan fingerprint density at radius 3 is 3.09 bits per heavy atom. The first-order valence-corrected chi connectivity index (χ1v) is 4.48. The van der Waals surface area contributed by atoms with Gasteiger partial charge in [-0.2, -0.15) is 0 Å². The van der Waals surface area contributed by atoms with Crippen LogP contribution in [0, 0.1) is 0 Å². The van der Waals surface area contributed by atoms with Gasteiger partial charge in [0, 0.05) is 23.0 Å². The van der Waals surface area contributed by atoms with Gasteiger partial charge in [0.05, 0.1) is 6.10 Å². The van der Waals surface area contributed by atoms with Crippen molar-refractivity contribution in [3.63, 3.8) is 0 Å². The number of aliphatic hydroxyl groups is 1. The molecule has 0 aliphatic rings. The first-order valence-electron chi connectivity index (χ1n) is 3.50. The number of rotatable bonds is 3. The van der Waals surface area contributed by atoms with E-state index < -0.39 is 0 Å². The lowest BCUT2D eigenvalue weighted by Gasteiger charge is -2.01. The zero-order valence-electron chi connectivity index (χ0n) is 6.40. The fourth-order valence-electron chi connectivity index (χ4n) is 0.649. The van der Waals surface area contributed by atoms with E-state index in [1.54, 1.807) is 31.1 Å². The number of aromatic nitrogens is 1. The monoisotopic (exact) mass is 169 g/mol. The Balaban J connectivity index is 2.39. The summed E-state index contributed by atoms with van der Waals surface area (Å²) in [6.07, 6.45) is 3.29. The van der Waals surface area contributed by atoms with E-state index in [2.05, 4.69) is 4.98 Å². The van der Waals surface area contributed by atoms with Crippen LogP contribution in [0.4, 0.5) is 0 Å². The van der Waals surface area contributed by atoms with Gasteiger partial charge in [0.2, 0.25) is 0 Å². The van der Waals surface area contributed by atoms with Crippen molar-refractivity contribution in [1.29, 1.82) is 0 Å². The highest BCUT2D eigenvalue weighted by molar-refractivity contribution is 7.99. The van der Waals surface area contributed by atoms with Gasteiger partial charge in [-0.15, -0.1) is 11.8 Å². The Labute approximate surface area is 70.7 Å². The molecule has 0 fully saturated rings. The van der Waals surface area contributed by atoms with E-state index in [4.69, 9.17) is 5.11 Å². The lowest BCUT2D eigenvalue weighted by atomic mass is 10.5. The lowest BCUT2D eigenvalue weighted by Crippen LogP contribution is -2.02. The Morgan fingerprint density at radius 1 is 1.73 bits per heavy atom. The quantitative estimate of drug-likeness (QED) is 0.697. The molecule has 1 atom stereocenters. The minimum Gasteiger partial charge on any atom is -0.393 e. The average Bonchev–Trinajstić information content (AvgIpc) is 2.03. The molecule has 0 amide bonds. The molecule has 0 aliphatic carbocycles. The number of hydrogen-bond donors (Lipinski definition) is 1. The van der Waals surface area contributed by atoms with E-state index in [0.29, 0.717) is 0 Å². The average molecular weight is 169 g/mol. The lowest BCUT2D eigenvalue weighted by molar-refractivity contribution is 0.220.